The number of carbonyl (C=O) groups is 2. The third-order valence-electron chi connectivity index (χ3n) is 4.78. The van der Waals surface area contributed by atoms with Crippen LogP contribution < -0.4 is 0 Å². The van der Waals surface area contributed by atoms with E-state index in [1.165, 1.54) is 0 Å². The van der Waals surface area contributed by atoms with E-state index in [0.717, 1.165) is 27.4 Å². The van der Waals surface area contributed by atoms with Crippen LogP contribution in [0.2, 0.25) is 0 Å². The van der Waals surface area contributed by atoms with Crippen molar-refractivity contribution >= 4 is 33.4 Å². The molecule has 0 bridgehead atoms. The lowest BCUT2D eigenvalue weighted by Crippen LogP contribution is -2.24. The number of aryl methyl sites for hydroxylation is 1. The van der Waals surface area contributed by atoms with Crippen LogP contribution >= 0.6 is 0 Å². The van der Waals surface area contributed by atoms with Gasteiger partial charge in [0.1, 0.15) is 0 Å². The summed E-state index contributed by atoms with van der Waals surface area (Å²) in [6.45, 7) is 3.47. The number of ketones is 1. The van der Waals surface area contributed by atoms with Crippen molar-refractivity contribution < 1.29 is 14.3 Å². The second-order valence-corrected chi connectivity index (χ2v) is 6.64. The molecular formula is C23H19NO3. The summed E-state index contributed by atoms with van der Waals surface area (Å²) in [4.78, 5) is 28.7. The number of aromatic amines is 1. The fourth-order valence-electron chi connectivity index (χ4n) is 3.40. The standard InChI is InChI=1S/C23H19NO3/c1-14-21(19-9-5-6-10-20(19)24-14)22(25)15(2)27-23(26)18-12-11-16-7-3-4-8-17(16)13-18/h3-13,15,24H,1-2H3/t15-/m0/s1. The highest BCUT2D eigenvalue weighted by Gasteiger charge is 2.24. The number of fused-ring (bicyclic) bond motifs is 2. The Morgan fingerprint density at radius 2 is 1.63 bits per heavy atom. The summed E-state index contributed by atoms with van der Waals surface area (Å²) in [5, 5.41) is 2.85. The second-order valence-electron chi connectivity index (χ2n) is 6.64. The summed E-state index contributed by atoms with van der Waals surface area (Å²) in [7, 11) is 0. The normalized spacial score (nSPS) is 12.2. The van der Waals surface area contributed by atoms with E-state index in [4.69, 9.17) is 4.74 Å². The molecule has 4 nitrogen and oxygen atoms in total. The molecule has 1 aromatic heterocycles. The lowest BCUT2D eigenvalue weighted by Gasteiger charge is -2.13. The molecule has 0 unspecified atom stereocenters. The van der Waals surface area contributed by atoms with E-state index < -0.39 is 12.1 Å². The van der Waals surface area contributed by atoms with Crippen molar-refractivity contribution in [2.24, 2.45) is 0 Å². The van der Waals surface area contributed by atoms with Crippen LogP contribution in [0.25, 0.3) is 21.7 Å². The zero-order chi connectivity index (χ0) is 19.0. The van der Waals surface area contributed by atoms with Crippen LogP contribution in [0, 0.1) is 6.92 Å². The Morgan fingerprint density at radius 1 is 0.926 bits per heavy atom. The number of rotatable bonds is 4. The largest absolute Gasteiger partial charge is 0.451 e. The summed E-state index contributed by atoms with van der Waals surface area (Å²) in [5.41, 5.74) is 2.68. The van der Waals surface area contributed by atoms with Gasteiger partial charge in [-0.3, -0.25) is 4.79 Å². The first-order chi connectivity index (χ1) is 13.0. The molecule has 0 saturated carbocycles. The molecule has 134 valence electrons. The van der Waals surface area contributed by atoms with Gasteiger partial charge in [0.2, 0.25) is 5.78 Å². The highest BCUT2D eigenvalue weighted by molar-refractivity contribution is 6.11. The lowest BCUT2D eigenvalue weighted by atomic mass is 10.0. The summed E-state index contributed by atoms with van der Waals surface area (Å²) in [5.74, 6) is -0.710. The number of nitrogens with one attached hydrogen (secondary N) is 1. The Morgan fingerprint density at radius 3 is 2.44 bits per heavy atom. The average molecular weight is 357 g/mol. The van der Waals surface area contributed by atoms with Crippen molar-refractivity contribution in [1.82, 2.24) is 4.98 Å². The van der Waals surface area contributed by atoms with Crippen LogP contribution in [-0.2, 0) is 4.74 Å². The van der Waals surface area contributed by atoms with Gasteiger partial charge in [0.05, 0.1) is 5.56 Å². The van der Waals surface area contributed by atoms with Crippen LogP contribution in [0.1, 0.15) is 33.3 Å². The maximum Gasteiger partial charge on any atom is 0.338 e. The maximum atomic E-state index is 12.9. The number of benzene rings is 3. The van der Waals surface area contributed by atoms with Gasteiger partial charge < -0.3 is 9.72 Å². The minimum absolute atomic E-state index is 0.209. The molecular weight excluding hydrogens is 338 g/mol. The molecule has 1 atom stereocenters. The van der Waals surface area contributed by atoms with Crippen LogP contribution in [0.3, 0.4) is 0 Å². The van der Waals surface area contributed by atoms with Gasteiger partial charge in [-0.1, -0.05) is 48.5 Å². The Hall–Kier alpha value is -3.40. The van der Waals surface area contributed by atoms with Gasteiger partial charge in [0.25, 0.3) is 0 Å². The summed E-state index contributed by atoms with van der Waals surface area (Å²) in [6, 6.07) is 20.8. The van der Waals surface area contributed by atoms with Crippen LogP contribution in [0.4, 0.5) is 0 Å². The van der Waals surface area contributed by atoms with Crippen molar-refractivity contribution in [2.75, 3.05) is 0 Å². The SMILES string of the molecule is Cc1[nH]c2ccccc2c1C(=O)[C@H](C)OC(=O)c1ccc2ccccc2c1. The minimum Gasteiger partial charge on any atom is -0.451 e. The number of Topliss-reactive ketones (excluding diaryl/α,β-unsaturated/α-hetero) is 1. The van der Waals surface area contributed by atoms with Crippen LogP contribution in [0.5, 0.6) is 0 Å². The van der Waals surface area contributed by atoms with E-state index in [9.17, 15) is 9.59 Å². The monoisotopic (exact) mass is 357 g/mol. The van der Waals surface area contributed by atoms with E-state index in [-0.39, 0.29) is 5.78 Å². The third kappa shape index (κ3) is 3.10. The van der Waals surface area contributed by atoms with Gasteiger partial charge in [0.15, 0.2) is 6.10 Å². The molecule has 1 N–H and O–H groups in total. The van der Waals surface area contributed by atoms with Crippen molar-refractivity contribution in [3.8, 4) is 0 Å². The number of H-pyrrole nitrogens is 1. The Balaban J connectivity index is 1.58. The van der Waals surface area contributed by atoms with Crippen LogP contribution in [0.15, 0.2) is 66.7 Å². The number of para-hydroxylation sites is 1. The molecule has 0 fully saturated rings. The third-order valence-corrected chi connectivity index (χ3v) is 4.78. The zero-order valence-electron chi connectivity index (χ0n) is 15.2. The van der Waals surface area contributed by atoms with E-state index in [1.807, 2.05) is 61.5 Å². The predicted octanol–water partition coefficient (Wildman–Crippen LogP) is 5.06. The van der Waals surface area contributed by atoms with E-state index in [0.29, 0.717) is 11.1 Å². The smallest absolute Gasteiger partial charge is 0.338 e. The molecule has 0 spiro atoms. The molecule has 1 heterocycles. The van der Waals surface area contributed by atoms with Crippen LogP contribution in [-0.4, -0.2) is 22.8 Å². The molecule has 0 aliphatic rings. The Labute approximate surface area is 156 Å². The Bertz CT molecular complexity index is 1170. The van der Waals surface area contributed by atoms with Gasteiger partial charge in [-0.15, -0.1) is 0 Å². The molecule has 3 aromatic carbocycles. The quantitative estimate of drug-likeness (QED) is 0.410. The first kappa shape index (κ1) is 17.0. The van der Waals surface area contributed by atoms with E-state index in [2.05, 4.69) is 4.98 Å². The number of esters is 1. The van der Waals surface area contributed by atoms with Crippen molar-refractivity contribution in [1.29, 1.82) is 0 Å². The predicted molar refractivity (Wildman–Crippen MR) is 106 cm³/mol. The summed E-state index contributed by atoms with van der Waals surface area (Å²) < 4.78 is 5.47. The number of hydrogen-bond donors (Lipinski definition) is 1. The van der Waals surface area contributed by atoms with Gasteiger partial charge >= 0.3 is 5.97 Å². The van der Waals surface area contributed by atoms with Crippen molar-refractivity contribution in [2.45, 2.75) is 20.0 Å². The molecule has 0 radical (unpaired) electrons. The van der Waals surface area contributed by atoms with Crippen molar-refractivity contribution in [3.63, 3.8) is 0 Å². The number of hydrogen-bond acceptors (Lipinski definition) is 3. The van der Waals surface area contributed by atoms with Gasteiger partial charge in [0, 0.05) is 22.2 Å². The molecule has 0 aliphatic carbocycles. The first-order valence-electron chi connectivity index (χ1n) is 8.86. The second kappa shape index (κ2) is 6.72. The molecule has 4 rings (SSSR count). The molecule has 4 heteroatoms. The molecule has 0 amide bonds. The molecule has 4 aromatic rings. The average Bonchev–Trinajstić information content (AvgIpc) is 3.02. The van der Waals surface area contributed by atoms with Gasteiger partial charge in [-0.25, -0.2) is 4.79 Å². The lowest BCUT2D eigenvalue weighted by molar-refractivity contribution is 0.0319. The van der Waals surface area contributed by atoms with Crippen molar-refractivity contribution in [3.05, 3.63) is 83.6 Å². The topological polar surface area (TPSA) is 59.2 Å². The fraction of sp³-hybridized carbons (Fsp3) is 0.130. The summed E-state index contributed by atoms with van der Waals surface area (Å²) >= 11 is 0. The Kier molecular flexibility index (Phi) is 4.24. The number of aromatic nitrogens is 1. The highest BCUT2D eigenvalue weighted by Crippen LogP contribution is 2.24. The molecule has 0 aliphatic heterocycles. The maximum absolute atomic E-state index is 12.9. The highest BCUT2D eigenvalue weighted by atomic mass is 16.5. The minimum atomic E-state index is -0.873. The fourth-order valence-corrected chi connectivity index (χ4v) is 3.40. The number of ether oxygens (including phenoxy) is 1. The zero-order valence-corrected chi connectivity index (χ0v) is 15.2. The molecule has 27 heavy (non-hydrogen) atoms. The van der Waals surface area contributed by atoms with E-state index >= 15 is 0 Å². The van der Waals surface area contributed by atoms with Gasteiger partial charge in [-0.2, -0.15) is 0 Å². The number of carbonyl (C=O) groups excluding carboxylic acids is 2. The first-order valence-corrected chi connectivity index (χ1v) is 8.86. The van der Waals surface area contributed by atoms with Gasteiger partial charge in [-0.05, 0) is 42.8 Å². The molecule has 0 saturated heterocycles. The van der Waals surface area contributed by atoms with E-state index in [1.54, 1.807) is 19.1 Å². The summed E-state index contributed by atoms with van der Waals surface area (Å²) in [6.07, 6.45) is -0.873.